The lowest BCUT2D eigenvalue weighted by Gasteiger charge is -2.11. The van der Waals surface area contributed by atoms with Gasteiger partial charge in [0, 0.05) is 5.69 Å². The molecule has 1 N–H and O–H groups in total. The Kier molecular flexibility index (Phi) is 5.74. The fraction of sp³-hybridized carbons (Fsp3) is 0.222. The molecule has 0 aliphatic carbocycles. The first-order valence-electron chi connectivity index (χ1n) is 7.35. The van der Waals surface area contributed by atoms with Crippen molar-refractivity contribution in [2.24, 2.45) is 0 Å². The number of rotatable bonds is 6. The van der Waals surface area contributed by atoms with Gasteiger partial charge in [-0.3, -0.25) is 4.79 Å². The van der Waals surface area contributed by atoms with E-state index in [0.29, 0.717) is 23.6 Å². The van der Waals surface area contributed by atoms with Gasteiger partial charge in [-0.15, -0.1) is 0 Å². The third-order valence-electron chi connectivity index (χ3n) is 3.12. The number of nitrogens with one attached hydrogen (secondary N) is 1. The fourth-order valence-corrected chi connectivity index (χ4v) is 2.00. The number of benzene rings is 2. The van der Waals surface area contributed by atoms with Crippen LogP contribution in [0.15, 0.2) is 48.5 Å². The fourth-order valence-electron chi connectivity index (χ4n) is 2.00. The van der Waals surface area contributed by atoms with E-state index in [1.165, 1.54) is 0 Å². The highest BCUT2D eigenvalue weighted by Crippen LogP contribution is 2.17. The second kappa shape index (κ2) is 7.98. The van der Waals surface area contributed by atoms with Crippen LogP contribution in [0.5, 0.6) is 5.75 Å². The van der Waals surface area contributed by atoms with Crippen molar-refractivity contribution in [3.8, 4) is 5.75 Å². The van der Waals surface area contributed by atoms with Crippen LogP contribution in [0.2, 0.25) is 0 Å². The SMILES string of the molecule is CCOC(=O)c1ccc(NC(=O)COc2ccccc2)c(C)c1. The number of carbonyl (C=O) groups is 2. The van der Waals surface area contributed by atoms with E-state index in [0.717, 1.165) is 5.56 Å². The van der Waals surface area contributed by atoms with Crippen LogP contribution in [0.1, 0.15) is 22.8 Å². The van der Waals surface area contributed by atoms with Gasteiger partial charge in [-0.25, -0.2) is 4.79 Å². The number of ether oxygens (including phenoxy) is 2. The highest BCUT2D eigenvalue weighted by molar-refractivity contribution is 5.94. The third-order valence-corrected chi connectivity index (χ3v) is 3.12. The summed E-state index contributed by atoms with van der Waals surface area (Å²) in [5.74, 6) is -0.00115. The number of aryl methyl sites for hydroxylation is 1. The zero-order chi connectivity index (χ0) is 16.7. The molecule has 2 rings (SSSR count). The Bertz CT molecular complexity index is 683. The monoisotopic (exact) mass is 313 g/mol. The molecule has 0 aliphatic heterocycles. The van der Waals surface area contributed by atoms with Gasteiger partial charge in [-0.1, -0.05) is 18.2 Å². The third kappa shape index (κ3) is 4.85. The van der Waals surface area contributed by atoms with Crippen LogP contribution in [-0.2, 0) is 9.53 Å². The highest BCUT2D eigenvalue weighted by atomic mass is 16.5. The Morgan fingerprint density at radius 2 is 1.83 bits per heavy atom. The summed E-state index contributed by atoms with van der Waals surface area (Å²) in [6, 6.07) is 14.1. The quantitative estimate of drug-likeness (QED) is 0.832. The normalized spacial score (nSPS) is 10.0. The summed E-state index contributed by atoms with van der Waals surface area (Å²) < 4.78 is 10.3. The number of esters is 1. The largest absolute Gasteiger partial charge is 0.484 e. The average Bonchev–Trinajstić information content (AvgIpc) is 2.56. The first kappa shape index (κ1) is 16.5. The summed E-state index contributed by atoms with van der Waals surface area (Å²) in [7, 11) is 0. The minimum atomic E-state index is -0.374. The van der Waals surface area contributed by atoms with Gasteiger partial charge in [0.2, 0.25) is 0 Å². The van der Waals surface area contributed by atoms with Gasteiger partial charge in [0.1, 0.15) is 5.75 Å². The molecule has 0 fully saturated rings. The molecule has 0 saturated carbocycles. The predicted octanol–water partition coefficient (Wildman–Crippen LogP) is 3.19. The number of para-hydroxylation sites is 1. The van der Waals surface area contributed by atoms with Gasteiger partial charge in [0.15, 0.2) is 6.61 Å². The van der Waals surface area contributed by atoms with Crippen LogP contribution in [0.3, 0.4) is 0 Å². The lowest BCUT2D eigenvalue weighted by atomic mass is 10.1. The van der Waals surface area contributed by atoms with Crippen molar-refractivity contribution in [2.75, 3.05) is 18.5 Å². The molecule has 0 spiro atoms. The molecule has 0 unspecified atom stereocenters. The van der Waals surface area contributed by atoms with Crippen LogP contribution in [0.25, 0.3) is 0 Å². The van der Waals surface area contributed by atoms with Crippen molar-refractivity contribution in [3.63, 3.8) is 0 Å². The molecule has 1 amide bonds. The Hall–Kier alpha value is -2.82. The first-order chi connectivity index (χ1) is 11.1. The van der Waals surface area contributed by atoms with E-state index < -0.39 is 0 Å². The van der Waals surface area contributed by atoms with E-state index in [4.69, 9.17) is 9.47 Å². The van der Waals surface area contributed by atoms with E-state index >= 15 is 0 Å². The molecule has 2 aromatic rings. The minimum Gasteiger partial charge on any atom is -0.484 e. The molecule has 23 heavy (non-hydrogen) atoms. The summed E-state index contributed by atoms with van der Waals surface area (Å²) in [6.45, 7) is 3.82. The van der Waals surface area contributed by atoms with Crippen molar-refractivity contribution < 1.29 is 19.1 Å². The van der Waals surface area contributed by atoms with Crippen molar-refractivity contribution in [1.29, 1.82) is 0 Å². The second-order valence-electron chi connectivity index (χ2n) is 4.90. The molecule has 2 aromatic carbocycles. The Morgan fingerprint density at radius 3 is 2.48 bits per heavy atom. The maximum Gasteiger partial charge on any atom is 0.338 e. The van der Waals surface area contributed by atoms with E-state index in [9.17, 15) is 9.59 Å². The molecule has 0 bridgehead atoms. The van der Waals surface area contributed by atoms with E-state index in [2.05, 4.69) is 5.32 Å². The molecule has 0 atom stereocenters. The average molecular weight is 313 g/mol. The van der Waals surface area contributed by atoms with Crippen molar-refractivity contribution in [1.82, 2.24) is 0 Å². The molecule has 5 heteroatoms. The van der Waals surface area contributed by atoms with Crippen LogP contribution in [0, 0.1) is 6.92 Å². The van der Waals surface area contributed by atoms with E-state index in [1.54, 1.807) is 37.3 Å². The number of amides is 1. The molecular weight excluding hydrogens is 294 g/mol. The molecule has 0 radical (unpaired) electrons. The van der Waals surface area contributed by atoms with Crippen molar-refractivity contribution in [3.05, 3.63) is 59.7 Å². The van der Waals surface area contributed by atoms with Gasteiger partial charge in [-0.2, -0.15) is 0 Å². The highest BCUT2D eigenvalue weighted by Gasteiger charge is 2.10. The maximum atomic E-state index is 11.9. The molecule has 0 aromatic heterocycles. The van der Waals surface area contributed by atoms with Crippen LogP contribution in [-0.4, -0.2) is 25.1 Å². The summed E-state index contributed by atoms with van der Waals surface area (Å²) in [4.78, 5) is 23.6. The number of hydrogen-bond acceptors (Lipinski definition) is 4. The lowest BCUT2D eigenvalue weighted by Crippen LogP contribution is -2.20. The minimum absolute atomic E-state index is 0.0803. The Balaban J connectivity index is 1.94. The van der Waals surface area contributed by atoms with Crippen molar-refractivity contribution in [2.45, 2.75) is 13.8 Å². The number of hydrogen-bond donors (Lipinski definition) is 1. The van der Waals surface area contributed by atoms with Crippen molar-refractivity contribution >= 4 is 17.6 Å². The van der Waals surface area contributed by atoms with E-state index in [-0.39, 0.29) is 18.5 Å². The molecule has 0 saturated heterocycles. The number of anilines is 1. The Labute approximate surface area is 135 Å². The maximum absolute atomic E-state index is 11.9. The molecule has 0 heterocycles. The molecule has 120 valence electrons. The molecular formula is C18H19NO4. The van der Waals surface area contributed by atoms with Gasteiger partial charge < -0.3 is 14.8 Å². The van der Waals surface area contributed by atoms with Crippen LogP contribution < -0.4 is 10.1 Å². The molecule has 0 aliphatic rings. The number of carbonyl (C=O) groups excluding carboxylic acids is 2. The van der Waals surface area contributed by atoms with Gasteiger partial charge in [0.05, 0.1) is 12.2 Å². The van der Waals surface area contributed by atoms with Crippen LogP contribution >= 0.6 is 0 Å². The summed E-state index contributed by atoms with van der Waals surface area (Å²) >= 11 is 0. The zero-order valence-corrected chi connectivity index (χ0v) is 13.2. The van der Waals surface area contributed by atoms with Gasteiger partial charge >= 0.3 is 5.97 Å². The summed E-state index contributed by atoms with van der Waals surface area (Å²) in [6.07, 6.45) is 0. The van der Waals surface area contributed by atoms with Gasteiger partial charge in [-0.05, 0) is 49.7 Å². The zero-order valence-electron chi connectivity index (χ0n) is 13.2. The van der Waals surface area contributed by atoms with E-state index in [1.807, 2.05) is 25.1 Å². The Morgan fingerprint density at radius 1 is 1.09 bits per heavy atom. The van der Waals surface area contributed by atoms with Crippen LogP contribution in [0.4, 0.5) is 5.69 Å². The summed E-state index contributed by atoms with van der Waals surface area (Å²) in [5.41, 5.74) is 1.88. The topological polar surface area (TPSA) is 64.6 Å². The standard InChI is InChI=1S/C18H19NO4/c1-3-22-18(21)14-9-10-16(13(2)11-14)19-17(20)12-23-15-7-5-4-6-8-15/h4-11H,3,12H2,1-2H3,(H,19,20). The smallest absolute Gasteiger partial charge is 0.338 e. The lowest BCUT2D eigenvalue weighted by molar-refractivity contribution is -0.118. The molecule has 5 nitrogen and oxygen atoms in total. The first-order valence-corrected chi connectivity index (χ1v) is 7.35. The second-order valence-corrected chi connectivity index (χ2v) is 4.90. The summed E-state index contributed by atoms with van der Waals surface area (Å²) in [5, 5.41) is 2.76. The van der Waals surface area contributed by atoms with Gasteiger partial charge in [0.25, 0.3) is 5.91 Å². The predicted molar refractivity (Wildman–Crippen MR) is 87.7 cm³/mol.